The normalized spacial score (nSPS) is 12.3. The molecular weight excluding hydrogens is 340 g/mol. The van der Waals surface area contributed by atoms with Crippen LogP contribution >= 0.6 is 11.6 Å². The largest absolute Gasteiger partial charge is 0.406 e. The first-order chi connectivity index (χ1) is 9.33. The van der Waals surface area contributed by atoms with E-state index < -0.39 is 50.0 Å². The molecule has 0 aliphatic heterocycles. The lowest BCUT2D eigenvalue weighted by atomic mass is 10.2. The SMILES string of the molecule is CN(CC(F)(F)F)C(=O)c1cc(S(N)(=O)=O)c(F)cc1Cl. The van der Waals surface area contributed by atoms with E-state index in [1.165, 1.54) is 0 Å². The van der Waals surface area contributed by atoms with Crippen molar-refractivity contribution in [1.82, 2.24) is 4.90 Å². The van der Waals surface area contributed by atoms with E-state index in [4.69, 9.17) is 16.7 Å². The van der Waals surface area contributed by atoms with E-state index >= 15 is 0 Å². The fourth-order valence-corrected chi connectivity index (χ4v) is 2.30. The zero-order chi connectivity index (χ0) is 16.6. The molecule has 1 rings (SSSR count). The first-order valence-corrected chi connectivity index (χ1v) is 7.09. The minimum Gasteiger partial charge on any atom is -0.333 e. The van der Waals surface area contributed by atoms with Gasteiger partial charge in [-0.3, -0.25) is 4.79 Å². The zero-order valence-electron chi connectivity index (χ0n) is 10.4. The second kappa shape index (κ2) is 5.78. The van der Waals surface area contributed by atoms with E-state index in [-0.39, 0.29) is 4.90 Å². The standard InChI is InChI=1S/C10H9ClF4N2O3S/c1-17(4-10(13,14)15)9(18)5-2-8(21(16,19)20)7(12)3-6(5)11/h2-3H,4H2,1H3,(H2,16,19,20). The van der Waals surface area contributed by atoms with Gasteiger partial charge in [-0.15, -0.1) is 0 Å². The van der Waals surface area contributed by atoms with Crippen molar-refractivity contribution in [3.63, 3.8) is 0 Å². The molecule has 5 nitrogen and oxygen atoms in total. The highest BCUT2D eigenvalue weighted by Gasteiger charge is 2.32. The fraction of sp³-hybridized carbons (Fsp3) is 0.300. The van der Waals surface area contributed by atoms with E-state index in [1.54, 1.807) is 0 Å². The Morgan fingerprint density at radius 1 is 1.38 bits per heavy atom. The van der Waals surface area contributed by atoms with Crippen LogP contribution in [-0.4, -0.2) is 39.0 Å². The number of nitrogens with zero attached hydrogens (tertiary/aromatic N) is 1. The van der Waals surface area contributed by atoms with Crippen LogP contribution in [0.15, 0.2) is 17.0 Å². The molecule has 0 aliphatic carbocycles. The van der Waals surface area contributed by atoms with Gasteiger partial charge in [0.2, 0.25) is 10.0 Å². The van der Waals surface area contributed by atoms with Gasteiger partial charge >= 0.3 is 6.18 Å². The van der Waals surface area contributed by atoms with Gasteiger partial charge in [0.1, 0.15) is 17.3 Å². The van der Waals surface area contributed by atoms with Crippen molar-refractivity contribution in [2.24, 2.45) is 5.14 Å². The highest BCUT2D eigenvalue weighted by Crippen LogP contribution is 2.25. The molecule has 11 heteroatoms. The lowest BCUT2D eigenvalue weighted by Gasteiger charge is -2.19. The van der Waals surface area contributed by atoms with Crippen molar-refractivity contribution in [2.45, 2.75) is 11.1 Å². The zero-order valence-corrected chi connectivity index (χ0v) is 12.0. The molecule has 2 N–H and O–H groups in total. The van der Waals surface area contributed by atoms with Crippen molar-refractivity contribution in [3.05, 3.63) is 28.5 Å². The number of amides is 1. The molecule has 0 aromatic heterocycles. The summed E-state index contributed by atoms with van der Waals surface area (Å²) in [4.78, 5) is 11.1. The lowest BCUT2D eigenvalue weighted by Crippen LogP contribution is -2.36. The number of carbonyl (C=O) groups is 1. The maximum Gasteiger partial charge on any atom is 0.406 e. The topological polar surface area (TPSA) is 80.5 Å². The Morgan fingerprint density at radius 3 is 2.33 bits per heavy atom. The molecule has 118 valence electrons. The predicted octanol–water partition coefficient (Wildman–Crippen LogP) is 1.76. The third kappa shape index (κ3) is 4.55. The minimum atomic E-state index is -4.65. The second-order valence-electron chi connectivity index (χ2n) is 4.08. The van der Waals surface area contributed by atoms with Gasteiger partial charge in [-0.1, -0.05) is 11.6 Å². The van der Waals surface area contributed by atoms with Crippen LogP contribution in [0.25, 0.3) is 0 Å². The minimum absolute atomic E-state index is 0.270. The Kier molecular flexibility index (Phi) is 4.86. The summed E-state index contributed by atoms with van der Waals surface area (Å²) in [6.45, 7) is -1.58. The number of alkyl halides is 3. The van der Waals surface area contributed by atoms with Crippen molar-refractivity contribution in [1.29, 1.82) is 0 Å². The van der Waals surface area contributed by atoms with Gasteiger partial charge in [0, 0.05) is 7.05 Å². The monoisotopic (exact) mass is 348 g/mol. The first-order valence-electron chi connectivity index (χ1n) is 5.17. The van der Waals surface area contributed by atoms with Gasteiger partial charge < -0.3 is 4.90 Å². The van der Waals surface area contributed by atoms with Crippen molar-refractivity contribution < 1.29 is 30.8 Å². The van der Waals surface area contributed by atoms with E-state index in [2.05, 4.69) is 0 Å². The molecule has 0 atom stereocenters. The fourth-order valence-electron chi connectivity index (χ4n) is 1.46. The number of benzene rings is 1. The maximum absolute atomic E-state index is 13.4. The first kappa shape index (κ1) is 17.7. The number of hydrogen-bond donors (Lipinski definition) is 1. The summed E-state index contributed by atoms with van der Waals surface area (Å²) in [7, 11) is -3.65. The van der Waals surface area contributed by atoms with Gasteiger partial charge in [0.15, 0.2) is 0 Å². The van der Waals surface area contributed by atoms with E-state index in [0.29, 0.717) is 12.1 Å². The van der Waals surface area contributed by atoms with Gasteiger partial charge in [-0.05, 0) is 12.1 Å². The summed E-state index contributed by atoms with van der Waals surface area (Å²) < 4.78 is 72.3. The van der Waals surface area contributed by atoms with Gasteiger partial charge in [0.05, 0.1) is 10.6 Å². The van der Waals surface area contributed by atoms with Crippen LogP contribution < -0.4 is 5.14 Å². The molecule has 0 radical (unpaired) electrons. The summed E-state index contributed by atoms with van der Waals surface area (Å²) in [6.07, 6.45) is -4.65. The third-order valence-electron chi connectivity index (χ3n) is 2.32. The summed E-state index contributed by atoms with van der Waals surface area (Å²) in [6, 6.07) is 0.998. The lowest BCUT2D eigenvalue weighted by molar-refractivity contribution is -0.138. The third-order valence-corrected chi connectivity index (χ3v) is 3.56. The van der Waals surface area contributed by atoms with E-state index in [1.807, 2.05) is 0 Å². The average molecular weight is 349 g/mol. The van der Waals surface area contributed by atoms with Gasteiger partial charge in [0.25, 0.3) is 5.91 Å². The number of sulfonamides is 1. The van der Waals surface area contributed by atoms with Crippen LogP contribution in [0.4, 0.5) is 17.6 Å². The maximum atomic E-state index is 13.4. The molecule has 0 fully saturated rings. The summed E-state index contributed by atoms with van der Waals surface area (Å²) in [5, 5.41) is 4.21. The Hall–Kier alpha value is -1.39. The Balaban J connectivity index is 3.28. The van der Waals surface area contributed by atoms with E-state index in [0.717, 1.165) is 7.05 Å². The van der Waals surface area contributed by atoms with E-state index in [9.17, 15) is 30.8 Å². The molecule has 0 heterocycles. The van der Waals surface area contributed by atoms with Gasteiger partial charge in [-0.2, -0.15) is 13.2 Å². The number of hydrogen-bond acceptors (Lipinski definition) is 3. The summed E-state index contributed by atoms with van der Waals surface area (Å²) >= 11 is 5.56. The van der Waals surface area contributed by atoms with Crippen molar-refractivity contribution in [2.75, 3.05) is 13.6 Å². The van der Waals surface area contributed by atoms with Crippen LogP contribution in [0, 0.1) is 5.82 Å². The van der Waals surface area contributed by atoms with Crippen LogP contribution in [0.2, 0.25) is 5.02 Å². The number of halogens is 5. The Labute approximate surface area is 122 Å². The van der Waals surface area contributed by atoms with Crippen molar-refractivity contribution >= 4 is 27.5 Å². The molecule has 0 bridgehead atoms. The number of carbonyl (C=O) groups excluding carboxylic acids is 1. The Bertz CT molecular complexity index is 676. The molecular formula is C10H9ClF4N2O3S. The highest BCUT2D eigenvalue weighted by molar-refractivity contribution is 7.89. The number of nitrogens with two attached hydrogens (primary N) is 1. The molecule has 0 unspecified atom stereocenters. The van der Waals surface area contributed by atoms with Crippen molar-refractivity contribution in [3.8, 4) is 0 Å². The Morgan fingerprint density at radius 2 is 1.90 bits per heavy atom. The predicted molar refractivity (Wildman–Crippen MR) is 65.8 cm³/mol. The average Bonchev–Trinajstić information content (AvgIpc) is 2.23. The molecule has 1 aromatic carbocycles. The molecule has 21 heavy (non-hydrogen) atoms. The number of primary sulfonamides is 1. The molecule has 0 saturated carbocycles. The molecule has 0 aliphatic rings. The molecule has 0 spiro atoms. The van der Waals surface area contributed by atoms with Crippen LogP contribution in [-0.2, 0) is 10.0 Å². The van der Waals surface area contributed by atoms with Crippen LogP contribution in [0.1, 0.15) is 10.4 Å². The molecule has 0 saturated heterocycles. The van der Waals surface area contributed by atoms with Crippen LogP contribution in [0.3, 0.4) is 0 Å². The summed E-state index contributed by atoms with van der Waals surface area (Å²) in [5.41, 5.74) is -0.603. The second-order valence-corrected chi connectivity index (χ2v) is 6.02. The highest BCUT2D eigenvalue weighted by atomic mass is 35.5. The van der Waals surface area contributed by atoms with Gasteiger partial charge in [-0.25, -0.2) is 17.9 Å². The molecule has 1 amide bonds. The molecule has 1 aromatic rings. The smallest absolute Gasteiger partial charge is 0.333 e. The summed E-state index contributed by atoms with van der Waals surface area (Å²) in [5.74, 6) is -2.53. The van der Waals surface area contributed by atoms with Crippen LogP contribution in [0.5, 0.6) is 0 Å². The quantitative estimate of drug-likeness (QED) is 0.845. The number of rotatable bonds is 3.